The molecule has 1 atom stereocenters. The Balaban J connectivity index is 1.76. The third-order valence-corrected chi connectivity index (χ3v) is 2.07. The molecule has 1 fully saturated rings. The number of rotatable bonds is 5. The molecule has 0 amide bonds. The van der Waals surface area contributed by atoms with Crippen LogP contribution < -0.4 is 0 Å². The Hall–Kier alpha value is -0.0400. The summed E-state index contributed by atoms with van der Waals surface area (Å²) >= 11 is 0. The monoisotopic (exact) mass is 141 g/mol. The summed E-state index contributed by atoms with van der Waals surface area (Å²) in [6.07, 6.45) is 8.23. The van der Waals surface area contributed by atoms with Crippen LogP contribution in [0, 0.1) is 6.92 Å². The Morgan fingerprint density at radius 1 is 1.30 bits per heavy atom. The zero-order valence-electron chi connectivity index (χ0n) is 6.64. The van der Waals surface area contributed by atoms with Gasteiger partial charge in [0.25, 0.3) is 0 Å². The van der Waals surface area contributed by atoms with Gasteiger partial charge in [0.2, 0.25) is 0 Å². The molecule has 1 heterocycles. The van der Waals surface area contributed by atoms with Gasteiger partial charge in [-0.1, -0.05) is 32.6 Å². The van der Waals surface area contributed by atoms with E-state index in [2.05, 4.69) is 6.92 Å². The van der Waals surface area contributed by atoms with E-state index >= 15 is 0 Å². The molecule has 59 valence electrons. The van der Waals surface area contributed by atoms with E-state index in [0.29, 0.717) is 6.10 Å². The molecule has 0 bridgehead atoms. The molecule has 0 aromatic rings. The highest BCUT2D eigenvalue weighted by Gasteiger charge is 2.16. The summed E-state index contributed by atoms with van der Waals surface area (Å²) in [6, 6.07) is 0. The zero-order valence-corrected chi connectivity index (χ0v) is 6.64. The summed E-state index contributed by atoms with van der Waals surface area (Å²) in [5.41, 5.74) is 0. The molecule has 1 rings (SSSR count). The molecule has 0 aliphatic carbocycles. The molecule has 1 aliphatic heterocycles. The summed E-state index contributed by atoms with van der Waals surface area (Å²) < 4.78 is 5.30. The predicted molar refractivity (Wildman–Crippen MR) is 42.8 cm³/mol. The Kier molecular flexibility index (Phi) is 3.81. The minimum absolute atomic E-state index is 0.616. The van der Waals surface area contributed by atoms with Crippen molar-refractivity contribution < 1.29 is 4.74 Å². The topological polar surface area (TPSA) is 9.23 Å². The summed E-state index contributed by atoms with van der Waals surface area (Å²) in [7, 11) is 0. The van der Waals surface area contributed by atoms with Crippen LogP contribution in [0.15, 0.2) is 0 Å². The van der Waals surface area contributed by atoms with Gasteiger partial charge in [-0.2, -0.15) is 0 Å². The standard InChI is InChI=1S/C9H17O/c1-2-3-4-5-6-9-7-8-10-9/h9H,1-8H2. The summed E-state index contributed by atoms with van der Waals surface area (Å²) in [5.74, 6) is 0. The van der Waals surface area contributed by atoms with Gasteiger partial charge in [0.05, 0.1) is 6.10 Å². The largest absolute Gasteiger partial charge is 0.378 e. The van der Waals surface area contributed by atoms with Crippen LogP contribution in [0.5, 0.6) is 0 Å². The molecule has 1 saturated heterocycles. The lowest BCUT2D eigenvalue weighted by molar-refractivity contribution is -0.0555. The quantitative estimate of drug-likeness (QED) is 0.535. The van der Waals surface area contributed by atoms with Gasteiger partial charge in [-0.25, -0.2) is 0 Å². The molecule has 1 nitrogen and oxygen atoms in total. The summed E-state index contributed by atoms with van der Waals surface area (Å²) in [5, 5.41) is 0. The molecule has 1 radical (unpaired) electrons. The molecule has 0 N–H and O–H groups in total. The van der Waals surface area contributed by atoms with Crippen LogP contribution in [-0.2, 0) is 4.74 Å². The van der Waals surface area contributed by atoms with Gasteiger partial charge in [0.1, 0.15) is 0 Å². The Labute approximate surface area is 63.8 Å². The lowest BCUT2D eigenvalue weighted by Gasteiger charge is -2.26. The van der Waals surface area contributed by atoms with Gasteiger partial charge in [-0.15, -0.1) is 0 Å². The highest BCUT2D eigenvalue weighted by atomic mass is 16.5. The van der Waals surface area contributed by atoms with E-state index in [9.17, 15) is 0 Å². The molecule has 0 spiro atoms. The van der Waals surface area contributed by atoms with Crippen molar-refractivity contribution in [2.24, 2.45) is 0 Å². The van der Waals surface area contributed by atoms with E-state index in [1.54, 1.807) is 0 Å². The highest BCUT2D eigenvalue weighted by molar-refractivity contribution is 4.65. The normalized spacial score (nSPS) is 24.3. The van der Waals surface area contributed by atoms with E-state index in [1.165, 1.54) is 32.1 Å². The first-order chi connectivity index (χ1) is 4.93. The Morgan fingerprint density at radius 2 is 2.10 bits per heavy atom. The van der Waals surface area contributed by atoms with E-state index < -0.39 is 0 Å². The first-order valence-corrected chi connectivity index (χ1v) is 4.34. The number of unbranched alkanes of at least 4 members (excludes halogenated alkanes) is 3. The van der Waals surface area contributed by atoms with E-state index in [1.807, 2.05) is 0 Å². The van der Waals surface area contributed by atoms with Crippen molar-refractivity contribution in [2.45, 2.75) is 44.6 Å². The fourth-order valence-corrected chi connectivity index (χ4v) is 1.24. The third-order valence-electron chi connectivity index (χ3n) is 2.07. The van der Waals surface area contributed by atoms with Crippen LogP contribution in [0.2, 0.25) is 0 Å². The molecular formula is C9H17O. The second-order valence-electron chi connectivity index (χ2n) is 2.98. The molecule has 1 heteroatoms. The summed E-state index contributed by atoms with van der Waals surface area (Å²) in [4.78, 5) is 0. The van der Waals surface area contributed by atoms with Gasteiger partial charge >= 0.3 is 0 Å². The van der Waals surface area contributed by atoms with Crippen molar-refractivity contribution in [3.63, 3.8) is 0 Å². The van der Waals surface area contributed by atoms with Crippen LogP contribution in [0.3, 0.4) is 0 Å². The third kappa shape index (κ3) is 2.70. The Bertz CT molecular complexity index is 76.8. The molecule has 0 aromatic carbocycles. The van der Waals surface area contributed by atoms with Crippen molar-refractivity contribution in [3.8, 4) is 0 Å². The van der Waals surface area contributed by atoms with Crippen LogP contribution in [-0.4, -0.2) is 12.7 Å². The number of ether oxygens (including phenoxy) is 1. The van der Waals surface area contributed by atoms with Crippen LogP contribution in [0.4, 0.5) is 0 Å². The van der Waals surface area contributed by atoms with Gasteiger partial charge < -0.3 is 4.74 Å². The van der Waals surface area contributed by atoms with Crippen LogP contribution in [0.25, 0.3) is 0 Å². The van der Waals surface area contributed by atoms with Gasteiger partial charge in [-0.3, -0.25) is 0 Å². The van der Waals surface area contributed by atoms with Crippen molar-refractivity contribution in [1.29, 1.82) is 0 Å². The van der Waals surface area contributed by atoms with Gasteiger partial charge in [0.15, 0.2) is 0 Å². The second kappa shape index (κ2) is 4.73. The smallest absolute Gasteiger partial charge is 0.0597 e. The maximum Gasteiger partial charge on any atom is 0.0597 e. The minimum Gasteiger partial charge on any atom is -0.378 e. The lowest BCUT2D eigenvalue weighted by atomic mass is 10.0. The lowest BCUT2D eigenvalue weighted by Crippen LogP contribution is -2.26. The SMILES string of the molecule is [CH2]CCCCCC1CCO1. The van der Waals surface area contributed by atoms with E-state index in [-0.39, 0.29) is 0 Å². The van der Waals surface area contributed by atoms with E-state index in [0.717, 1.165) is 13.0 Å². The maximum absolute atomic E-state index is 5.30. The molecule has 1 unspecified atom stereocenters. The molecule has 1 aliphatic rings. The predicted octanol–water partition coefficient (Wildman–Crippen LogP) is 2.56. The van der Waals surface area contributed by atoms with Crippen molar-refractivity contribution in [1.82, 2.24) is 0 Å². The summed E-state index contributed by atoms with van der Waals surface area (Å²) in [6.45, 7) is 4.81. The Morgan fingerprint density at radius 3 is 2.60 bits per heavy atom. The van der Waals surface area contributed by atoms with Crippen molar-refractivity contribution >= 4 is 0 Å². The number of hydrogen-bond donors (Lipinski definition) is 0. The van der Waals surface area contributed by atoms with Crippen LogP contribution in [0.1, 0.15) is 38.5 Å². The van der Waals surface area contributed by atoms with Crippen molar-refractivity contribution in [2.75, 3.05) is 6.61 Å². The van der Waals surface area contributed by atoms with Gasteiger partial charge in [0, 0.05) is 6.61 Å². The first-order valence-electron chi connectivity index (χ1n) is 4.34. The zero-order chi connectivity index (χ0) is 7.23. The molecule has 10 heavy (non-hydrogen) atoms. The first kappa shape index (κ1) is 8.06. The average molecular weight is 141 g/mol. The molecule has 0 saturated carbocycles. The van der Waals surface area contributed by atoms with Gasteiger partial charge in [-0.05, 0) is 12.8 Å². The fraction of sp³-hybridized carbons (Fsp3) is 0.889. The molecular weight excluding hydrogens is 124 g/mol. The van der Waals surface area contributed by atoms with Crippen LogP contribution >= 0.6 is 0 Å². The number of hydrogen-bond acceptors (Lipinski definition) is 1. The highest BCUT2D eigenvalue weighted by Crippen LogP contribution is 2.17. The second-order valence-corrected chi connectivity index (χ2v) is 2.98. The van der Waals surface area contributed by atoms with E-state index in [4.69, 9.17) is 4.74 Å². The van der Waals surface area contributed by atoms with Crippen molar-refractivity contribution in [3.05, 3.63) is 6.92 Å². The fourth-order valence-electron chi connectivity index (χ4n) is 1.24. The minimum atomic E-state index is 0.616. The maximum atomic E-state index is 5.30. The molecule has 0 aromatic heterocycles. The average Bonchev–Trinajstić information content (AvgIpc) is 1.84.